The van der Waals surface area contributed by atoms with Gasteiger partial charge in [-0.15, -0.1) is 0 Å². The second kappa shape index (κ2) is 13.1. The van der Waals surface area contributed by atoms with E-state index >= 15 is 0 Å². The quantitative estimate of drug-likeness (QED) is 0.167. The summed E-state index contributed by atoms with van der Waals surface area (Å²) in [6.45, 7) is 8.29. The molecule has 0 saturated carbocycles. The Labute approximate surface area is 279 Å². The first kappa shape index (κ1) is 31.6. The molecule has 3 heterocycles. The van der Waals surface area contributed by atoms with Crippen LogP contribution in [0, 0.1) is 0 Å². The number of para-hydroxylation sites is 1. The third kappa shape index (κ3) is 6.07. The van der Waals surface area contributed by atoms with Gasteiger partial charge in [-0.25, -0.2) is 9.79 Å². The molecule has 1 atom stereocenters. The SMILES string of the molecule is CCOC(=O)C1=C(C)N=c2s/c(=C/c3cn(Cc4ccc(Br)cc4)c4ccccc34)c(=O)n2[C@@H]1c1ccc(OC(C)C)c(OC)c1. The second-order valence-electron chi connectivity index (χ2n) is 11.2. The molecular weight excluding hydrogens is 666 g/mol. The zero-order chi connectivity index (χ0) is 32.5. The average molecular weight is 701 g/mol. The number of fused-ring (bicyclic) bond motifs is 2. The lowest BCUT2D eigenvalue weighted by Gasteiger charge is -2.25. The molecule has 8 nitrogen and oxygen atoms in total. The predicted octanol–water partition coefficient (Wildman–Crippen LogP) is 6.36. The van der Waals surface area contributed by atoms with Crippen LogP contribution in [0.3, 0.4) is 0 Å². The number of thiazole rings is 1. The van der Waals surface area contributed by atoms with Gasteiger partial charge in [0, 0.05) is 33.7 Å². The molecule has 0 amide bonds. The molecule has 0 saturated heterocycles. The molecule has 6 rings (SSSR count). The zero-order valence-electron chi connectivity index (χ0n) is 26.2. The van der Waals surface area contributed by atoms with Gasteiger partial charge < -0.3 is 18.8 Å². The summed E-state index contributed by atoms with van der Waals surface area (Å²) in [6.07, 6.45) is 3.94. The minimum absolute atomic E-state index is 0.0598. The highest BCUT2D eigenvalue weighted by molar-refractivity contribution is 9.10. The third-order valence-corrected chi connectivity index (χ3v) is 9.27. The van der Waals surface area contributed by atoms with Crippen molar-refractivity contribution in [3.63, 3.8) is 0 Å². The summed E-state index contributed by atoms with van der Waals surface area (Å²) in [5.74, 6) is 0.567. The molecular formula is C36H34BrN3O5S. The molecule has 0 fully saturated rings. The number of hydrogen-bond donors (Lipinski definition) is 0. The highest BCUT2D eigenvalue weighted by Gasteiger charge is 2.34. The van der Waals surface area contributed by atoms with E-state index in [1.165, 1.54) is 11.3 Å². The standard InChI is InChI=1S/C36H34BrN3O5S/c1-6-44-35(42)32-22(4)38-36-40(33(32)24-13-16-29(45-21(2)3)30(17-24)43-5)34(41)31(46-36)18-25-20-39(28-10-8-7-9-27(25)28)19-23-11-14-26(37)15-12-23/h7-18,20-21,33H,6,19H2,1-5H3/b31-18+/t33-/m1/s1. The van der Waals surface area contributed by atoms with Crippen LogP contribution in [0.2, 0.25) is 0 Å². The Hall–Kier alpha value is -4.41. The molecule has 0 N–H and O–H groups in total. The Kier molecular flexibility index (Phi) is 9.02. The smallest absolute Gasteiger partial charge is 0.338 e. The molecule has 1 aliphatic rings. The number of nitrogens with zero attached hydrogens (tertiary/aromatic N) is 3. The summed E-state index contributed by atoms with van der Waals surface area (Å²) in [5.41, 5.74) is 4.41. The van der Waals surface area contributed by atoms with Crippen molar-refractivity contribution in [1.29, 1.82) is 0 Å². The van der Waals surface area contributed by atoms with Crippen molar-refractivity contribution < 1.29 is 19.0 Å². The fourth-order valence-corrected chi connectivity index (χ4v) is 7.06. The maximum absolute atomic E-state index is 14.3. The molecule has 46 heavy (non-hydrogen) atoms. The van der Waals surface area contributed by atoms with Gasteiger partial charge >= 0.3 is 5.97 Å². The first-order chi connectivity index (χ1) is 22.2. The van der Waals surface area contributed by atoms with E-state index in [0.29, 0.717) is 44.2 Å². The van der Waals surface area contributed by atoms with Crippen LogP contribution in [0.1, 0.15) is 50.4 Å². The van der Waals surface area contributed by atoms with E-state index in [0.717, 1.165) is 26.5 Å². The van der Waals surface area contributed by atoms with Crippen molar-refractivity contribution in [3.05, 3.63) is 125 Å². The molecule has 5 aromatic rings. The molecule has 0 unspecified atom stereocenters. The Morgan fingerprint density at radius 2 is 1.85 bits per heavy atom. The summed E-state index contributed by atoms with van der Waals surface area (Å²) in [7, 11) is 1.57. The fourth-order valence-electron chi connectivity index (χ4n) is 5.76. The molecule has 0 spiro atoms. The van der Waals surface area contributed by atoms with Crippen LogP contribution in [0.5, 0.6) is 11.5 Å². The number of ether oxygens (including phenoxy) is 3. The van der Waals surface area contributed by atoms with E-state index in [1.807, 2.05) is 62.4 Å². The van der Waals surface area contributed by atoms with Gasteiger partial charge in [-0.05, 0) is 75.2 Å². The molecule has 10 heteroatoms. The summed E-state index contributed by atoms with van der Waals surface area (Å²) < 4.78 is 22.4. The summed E-state index contributed by atoms with van der Waals surface area (Å²) in [6, 6.07) is 21.1. The van der Waals surface area contributed by atoms with Crippen molar-refractivity contribution in [3.8, 4) is 11.5 Å². The highest BCUT2D eigenvalue weighted by atomic mass is 79.9. The lowest BCUT2D eigenvalue weighted by Crippen LogP contribution is -2.40. The van der Waals surface area contributed by atoms with Crippen LogP contribution >= 0.6 is 27.3 Å². The van der Waals surface area contributed by atoms with Gasteiger partial charge in [-0.2, -0.15) is 0 Å². The van der Waals surface area contributed by atoms with Crippen LogP contribution < -0.4 is 24.4 Å². The molecule has 3 aromatic carbocycles. The average Bonchev–Trinajstić information content (AvgIpc) is 3.53. The van der Waals surface area contributed by atoms with Gasteiger partial charge in [0.2, 0.25) is 0 Å². The molecule has 2 aromatic heterocycles. The van der Waals surface area contributed by atoms with E-state index < -0.39 is 12.0 Å². The summed E-state index contributed by atoms with van der Waals surface area (Å²) in [5, 5.41) is 1.04. The van der Waals surface area contributed by atoms with Gasteiger partial charge in [-0.3, -0.25) is 9.36 Å². The molecule has 236 valence electrons. The van der Waals surface area contributed by atoms with Crippen molar-refractivity contribution >= 4 is 50.2 Å². The molecule has 0 radical (unpaired) electrons. The lowest BCUT2D eigenvalue weighted by atomic mass is 9.95. The van der Waals surface area contributed by atoms with Gasteiger partial charge in [0.25, 0.3) is 5.56 Å². The number of benzene rings is 3. The van der Waals surface area contributed by atoms with E-state index in [9.17, 15) is 9.59 Å². The highest BCUT2D eigenvalue weighted by Crippen LogP contribution is 2.36. The van der Waals surface area contributed by atoms with Crippen LogP contribution in [-0.2, 0) is 16.1 Å². The number of halogens is 1. The molecule has 0 bridgehead atoms. The number of rotatable bonds is 9. The number of esters is 1. The number of methoxy groups -OCH3 is 1. The lowest BCUT2D eigenvalue weighted by molar-refractivity contribution is -0.139. The van der Waals surface area contributed by atoms with E-state index in [4.69, 9.17) is 19.2 Å². The second-order valence-corrected chi connectivity index (χ2v) is 13.2. The number of hydrogen-bond acceptors (Lipinski definition) is 7. The van der Waals surface area contributed by atoms with Crippen molar-refractivity contribution in [1.82, 2.24) is 9.13 Å². The van der Waals surface area contributed by atoms with Crippen LogP contribution in [-0.4, -0.2) is 34.9 Å². The zero-order valence-corrected chi connectivity index (χ0v) is 28.6. The minimum atomic E-state index is -0.766. The maximum Gasteiger partial charge on any atom is 0.338 e. The van der Waals surface area contributed by atoms with Gasteiger partial charge in [0.15, 0.2) is 16.3 Å². The Morgan fingerprint density at radius 3 is 2.57 bits per heavy atom. The Balaban J connectivity index is 1.51. The summed E-state index contributed by atoms with van der Waals surface area (Å²) in [4.78, 5) is 32.9. The van der Waals surface area contributed by atoms with E-state index in [-0.39, 0.29) is 18.3 Å². The molecule has 1 aliphatic heterocycles. The molecule has 0 aliphatic carbocycles. The Morgan fingerprint density at radius 1 is 1.09 bits per heavy atom. The van der Waals surface area contributed by atoms with Crippen LogP contribution in [0.25, 0.3) is 17.0 Å². The van der Waals surface area contributed by atoms with Crippen LogP contribution in [0.15, 0.2) is 98.5 Å². The van der Waals surface area contributed by atoms with Gasteiger partial charge in [0.1, 0.15) is 0 Å². The normalized spacial score (nSPS) is 14.8. The maximum atomic E-state index is 14.3. The minimum Gasteiger partial charge on any atom is -0.493 e. The monoisotopic (exact) mass is 699 g/mol. The first-order valence-electron chi connectivity index (χ1n) is 15.0. The van der Waals surface area contributed by atoms with Crippen molar-refractivity contribution in [2.45, 2.75) is 46.4 Å². The van der Waals surface area contributed by atoms with Gasteiger partial charge in [0.05, 0.1) is 41.7 Å². The Bertz CT molecular complexity index is 2160. The topological polar surface area (TPSA) is 84.1 Å². The van der Waals surface area contributed by atoms with Gasteiger partial charge in [-0.1, -0.05) is 63.7 Å². The fraction of sp³-hybridized carbons (Fsp3) is 0.250. The third-order valence-electron chi connectivity index (χ3n) is 7.76. The number of carbonyl (C=O) groups is 1. The van der Waals surface area contributed by atoms with Crippen molar-refractivity contribution in [2.24, 2.45) is 4.99 Å². The van der Waals surface area contributed by atoms with Crippen LogP contribution in [0.4, 0.5) is 0 Å². The predicted molar refractivity (Wildman–Crippen MR) is 184 cm³/mol. The first-order valence-corrected chi connectivity index (χ1v) is 16.7. The largest absolute Gasteiger partial charge is 0.493 e. The number of carbonyl (C=O) groups excluding carboxylic acids is 1. The van der Waals surface area contributed by atoms with E-state index in [1.54, 1.807) is 25.5 Å². The van der Waals surface area contributed by atoms with Crippen molar-refractivity contribution in [2.75, 3.05) is 13.7 Å². The number of allylic oxidation sites excluding steroid dienone is 1. The van der Waals surface area contributed by atoms with E-state index in [2.05, 4.69) is 51.0 Å². The number of aromatic nitrogens is 2. The summed E-state index contributed by atoms with van der Waals surface area (Å²) >= 11 is 4.82.